The molecule has 1 aliphatic heterocycles. The third-order valence-electron chi connectivity index (χ3n) is 4.96. The van der Waals surface area contributed by atoms with E-state index in [-0.39, 0.29) is 22.9 Å². The molecule has 110 valence electrons. The van der Waals surface area contributed by atoms with Crippen molar-refractivity contribution in [2.24, 2.45) is 11.3 Å². The summed E-state index contributed by atoms with van der Waals surface area (Å²) in [7, 11) is 0. The van der Waals surface area contributed by atoms with Gasteiger partial charge in [-0.05, 0) is 33.6 Å². The Morgan fingerprint density at radius 2 is 2.40 bits per heavy atom. The molecular formula is C16H22O4. The van der Waals surface area contributed by atoms with Gasteiger partial charge in [0.15, 0.2) is 0 Å². The smallest absolute Gasteiger partial charge is 0.330 e. The van der Waals surface area contributed by atoms with Crippen LogP contribution < -0.4 is 0 Å². The van der Waals surface area contributed by atoms with Gasteiger partial charge in [0.2, 0.25) is 0 Å². The summed E-state index contributed by atoms with van der Waals surface area (Å²) in [6, 6.07) is 0. The monoisotopic (exact) mass is 278 g/mol. The van der Waals surface area contributed by atoms with Crippen LogP contribution in [0.15, 0.2) is 23.3 Å². The highest BCUT2D eigenvalue weighted by Crippen LogP contribution is 2.62. The lowest BCUT2D eigenvalue weighted by atomic mass is 9.64. The van der Waals surface area contributed by atoms with Crippen molar-refractivity contribution in [1.82, 2.24) is 0 Å². The molecule has 0 aromatic rings. The molecule has 0 radical (unpaired) electrons. The number of carbonyl (C=O) groups excluding carboxylic acids is 1. The van der Waals surface area contributed by atoms with Crippen LogP contribution in [0.3, 0.4) is 0 Å². The summed E-state index contributed by atoms with van der Waals surface area (Å²) in [4.78, 5) is 11.7. The van der Waals surface area contributed by atoms with Gasteiger partial charge in [-0.1, -0.05) is 17.2 Å². The molecular weight excluding hydrogens is 256 g/mol. The van der Waals surface area contributed by atoms with Gasteiger partial charge in [-0.25, -0.2) is 4.79 Å². The number of rotatable bonds is 2. The van der Waals surface area contributed by atoms with Gasteiger partial charge in [-0.15, -0.1) is 0 Å². The number of esters is 1. The first kappa shape index (κ1) is 13.8. The topological polar surface area (TPSA) is 55.8 Å². The zero-order chi connectivity index (χ0) is 14.5. The van der Waals surface area contributed by atoms with E-state index in [0.29, 0.717) is 19.6 Å². The fourth-order valence-electron chi connectivity index (χ4n) is 4.50. The summed E-state index contributed by atoms with van der Waals surface area (Å²) in [6.07, 6.45) is 4.65. The molecule has 2 aliphatic carbocycles. The van der Waals surface area contributed by atoms with E-state index in [1.54, 1.807) is 13.0 Å². The lowest BCUT2D eigenvalue weighted by Crippen LogP contribution is -2.42. The van der Waals surface area contributed by atoms with E-state index < -0.39 is 6.10 Å². The number of hydrogen-bond donors (Lipinski definition) is 1. The van der Waals surface area contributed by atoms with E-state index in [2.05, 4.69) is 19.9 Å². The van der Waals surface area contributed by atoms with Crippen molar-refractivity contribution in [2.75, 3.05) is 13.2 Å². The molecule has 0 aromatic carbocycles. The van der Waals surface area contributed by atoms with Crippen molar-refractivity contribution >= 4 is 5.97 Å². The van der Waals surface area contributed by atoms with Gasteiger partial charge >= 0.3 is 5.97 Å². The molecule has 1 saturated carbocycles. The minimum absolute atomic E-state index is 0.0816. The van der Waals surface area contributed by atoms with Crippen LogP contribution in [0.25, 0.3) is 0 Å². The maximum Gasteiger partial charge on any atom is 0.330 e. The molecule has 1 saturated heterocycles. The van der Waals surface area contributed by atoms with E-state index in [1.807, 2.05) is 0 Å². The van der Waals surface area contributed by atoms with Gasteiger partial charge in [0.25, 0.3) is 0 Å². The first-order valence-electron chi connectivity index (χ1n) is 7.29. The maximum atomic E-state index is 11.7. The van der Waals surface area contributed by atoms with Crippen LogP contribution >= 0.6 is 0 Å². The van der Waals surface area contributed by atoms with Crippen molar-refractivity contribution in [2.45, 2.75) is 45.3 Å². The van der Waals surface area contributed by atoms with Crippen LogP contribution in [0.1, 0.15) is 33.6 Å². The van der Waals surface area contributed by atoms with Crippen LogP contribution in [0, 0.1) is 11.3 Å². The molecule has 0 aromatic heterocycles. The molecule has 3 aliphatic rings. The van der Waals surface area contributed by atoms with E-state index in [4.69, 9.17) is 9.47 Å². The molecule has 0 amide bonds. The molecule has 4 atom stereocenters. The Morgan fingerprint density at radius 3 is 3.10 bits per heavy atom. The van der Waals surface area contributed by atoms with Crippen LogP contribution in [-0.2, 0) is 14.3 Å². The Hall–Kier alpha value is -1.13. The average Bonchev–Trinajstić information content (AvgIpc) is 2.71. The van der Waals surface area contributed by atoms with Crippen LogP contribution in [-0.4, -0.2) is 36.0 Å². The minimum atomic E-state index is -0.481. The second-order valence-corrected chi connectivity index (χ2v) is 6.51. The zero-order valence-electron chi connectivity index (χ0n) is 12.3. The van der Waals surface area contributed by atoms with Gasteiger partial charge in [-0.2, -0.15) is 0 Å². The van der Waals surface area contributed by atoms with Crippen LogP contribution in [0.5, 0.6) is 0 Å². The highest BCUT2D eigenvalue weighted by molar-refractivity contribution is 5.83. The molecule has 20 heavy (non-hydrogen) atoms. The van der Waals surface area contributed by atoms with Gasteiger partial charge in [-0.3, -0.25) is 0 Å². The van der Waals surface area contributed by atoms with Crippen molar-refractivity contribution in [3.05, 3.63) is 23.3 Å². The van der Waals surface area contributed by atoms with Crippen LogP contribution in [0.2, 0.25) is 0 Å². The Balaban J connectivity index is 2.01. The van der Waals surface area contributed by atoms with Crippen molar-refractivity contribution in [1.29, 1.82) is 0 Å². The van der Waals surface area contributed by atoms with Gasteiger partial charge in [0, 0.05) is 17.4 Å². The predicted octanol–water partition coefficient (Wildman–Crippen LogP) is 1.98. The van der Waals surface area contributed by atoms with E-state index in [9.17, 15) is 9.90 Å². The maximum absolute atomic E-state index is 11.7. The molecule has 0 spiro atoms. The minimum Gasteiger partial charge on any atom is -0.463 e. The lowest BCUT2D eigenvalue weighted by Gasteiger charge is -2.39. The Bertz CT molecular complexity index is 507. The number of carbonyl (C=O) groups is 1. The van der Waals surface area contributed by atoms with Gasteiger partial charge in [0.05, 0.1) is 24.9 Å². The quantitative estimate of drug-likeness (QED) is 0.477. The first-order valence-corrected chi connectivity index (χ1v) is 7.29. The Kier molecular flexibility index (Phi) is 3.07. The fraction of sp³-hybridized carbons (Fsp3) is 0.688. The predicted molar refractivity (Wildman–Crippen MR) is 74.0 cm³/mol. The van der Waals surface area contributed by atoms with Crippen molar-refractivity contribution in [3.8, 4) is 0 Å². The highest BCUT2D eigenvalue weighted by Gasteiger charge is 2.65. The number of ether oxygens (including phenoxy) is 2. The summed E-state index contributed by atoms with van der Waals surface area (Å²) >= 11 is 0. The molecule has 1 N–H and O–H groups in total. The van der Waals surface area contributed by atoms with Crippen molar-refractivity contribution < 1.29 is 19.4 Å². The van der Waals surface area contributed by atoms with E-state index >= 15 is 0 Å². The first-order chi connectivity index (χ1) is 9.41. The SMILES string of the molecule is CCOC(=O)/C=C1\C[C@@H](O)[C@]23C=C(C)C[C@](C)(OC2)[C@H]13. The molecule has 2 bridgehead atoms. The normalized spacial score (nSPS) is 44.4. The second-order valence-electron chi connectivity index (χ2n) is 6.51. The summed E-state index contributed by atoms with van der Waals surface area (Å²) in [6.45, 7) is 6.88. The molecule has 1 heterocycles. The Morgan fingerprint density at radius 1 is 1.65 bits per heavy atom. The lowest BCUT2D eigenvalue weighted by molar-refractivity contribution is -0.137. The number of aliphatic hydroxyl groups excluding tert-OH is 1. The fourth-order valence-corrected chi connectivity index (χ4v) is 4.50. The number of aliphatic hydroxyl groups is 1. The molecule has 2 fully saturated rings. The largest absolute Gasteiger partial charge is 0.463 e. The summed E-state index contributed by atoms with van der Waals surface area (Å²) in [5.41, 5.74) is 1.57. The summed E-state index contributed by atoms with van der Waals surface area (Å²) in [5.74, 6) is -0.237. The van der Waals surface area contributed by atoms with Crippen LogP contribution in [0.4, 0.5) is 0 Å². The van der Waals surface area contributed by atoms with E-state index in [0.717, 1.165) is 12.0 Å². The third kappa shape index (κ3) is 1.78. The molecule has 3 rings (SSSR count). The molecule has 4 nitrogen and oxygen atoms in total. The highest BCUT2D eigenvalue weighted by atomic mass is 16.5. The second kappa shape index (κ2) is 4.43. The standard InChI is InChI=1S/C16H22O4/c1-4-19-13(18)6-11-5-12(17)16-8-10(2)7-15(3,14(11)16)20-9-16/h6,8,12,14,17H,4-5,7,9H2,1-3H3/b11-6+/t12-,14+,15+,16+/m1/s1. The van der Waals surface area contributed by atoms with Crippen molar-refractivity contribution in [3.63, 3.8) is 0 Å². The number of hydrogen-bond acceptors (Lipinski definition) is 4. The van der Waals surface area contributed by atoms with Gasteiger partial charge < -0.3 is 14.6 Å². The van der Waals surface area contributed by atoms with Gasteiger partial charge in [0.1, 0.15) is 0 Å². The molecule has 4 heteroatoms. The summed E-state index contributed by atoms with van der Waals surface area (Å²) in [5, 5.41) is 10.5. The average molecular weight is 278 g/mol. The van der Waals surface area contributed by atoms with E-state index in [1.165, 1.54) is 5.57 Å². The summed E-state index contributed by atoms with van der Waals surface area (Å²) < 4.78 is 11.0. The molecule has 0 unspecified atom stereocenters. The third-order valence-corrected chi connectivity index (χ3v) is 4.96. The zero-order valence-corrected chi connectivity index (χ0v) is 12.3. The Labute approximate surface area is 119 Å².